The van der Waals surface area contributed by atoms with Gasteiger partial charge in [-0.1, -0.05) is 234 Å². The van der Waals surface area contributed by atoms with Crippen LogP contribution in [-0.2, 0) is 28.6 Å². The second-order valence-corrected chi connectivity index (χ2v) is 16.4. The molecule has 1 atom stereocenters. The molecule has 0 fully saturated rings. The van der Waals surface area contributed by atoms with Crippen molar-refractivity contribution in [2.45, 2.75) is 226 Å². The van der Waals surface area contributed by atoms with Crippen LogP contribution < -0.4 is 0 Å². The molecule has 0 aliphatic heterocycles. The first-order chi connectivity index (χ1) is 30.5. The van der Waals surface area contributed by atoms with Gasteiger partial charge in [0.2, 0.25) is 0 Å². The van der Waals surface area contributed by atoms with Gasteiger partial charge in [-0.05, 0) is 64.2 Å². The average molecular weight is 861 g/mol. The molecule has 352 valence electrons. The van der Waals surface area contributed by atoms with Crippen LogP contribution in [-0.4, -0.2) is 37.2 Å². The molecule has 0 N–H and O–H groups in total. The SMILES string of the molecule is CC/C=C/C=C/C=C/C=C/C=C/CCCC(=O)OCC(COC(=O)CCCCCCCCCCCCCCCCCCC)OC(=O)CCCCCC/C=C/C/C=C/C/C=C/CC. The molecule has 6 heteroatoms. The van der Waals surface area contributed by atoms with Gasteiger partial charge in [0.1, 0.15) is 13.2 Å². The third-order valence-electron chi connectivity index (χ3n) is 10.5. The van der Waals surface area contributed by atoms with E-state index in [0.717, 1.165) is 83.5 Å². The van der Waals surface area contributed by atoms with E-state index in [1.165, 1.54) is 89.9 Å². The standard InChI is InChI=1S/C56H92O6/c1-4-7-10-13-16-19-22-25-27-28-29-32-34-37-40-43-46-49-55(58)61-52-53(51-60-54(57)48-45-42-39-36-33-30-24-21-18-15-12-9-6-3)62-56(59)50-47-44-41-38-35-31-26-23-20-17-14-11-8-5-2/h8-9,11-12,15,17-18,20-21,24,26,30-31,33,36,39,53H,4-7,10,13-14,16,19,22-23,25,27-29,32,34-35,37-38,40-52H2,1-3H3/b11-8+,12-9+,18-15+,20-17+,24-21+,31-26+,33-30+,39-36+. The van der Waals surface area contributed by atoms with Crippen molar-refractivity contribution in [1.82, 2.24) is 0 Å². The highest BCUT2D eigenvalue weighted by atomic mass is 16.6. The van der Waals surface area contributed by atoms with Gasteiger partial charge in [0.15, 0.2) is 6.10 Å². The number of rotatable bonds is 44. The summed E-state index contributed by atoms with van der Waals surface area (Å²) in [6.45, 7) is 6.29. The molecule has 62 heavy (non-hydrogen) atoms. The summed E-state index contributed by atoms with van der Waals surface area (Å²) >= 11 is 0. The van der Waals surface area contributed by atoms with Gasteiger partial charge in [-0.15, -0.1) is 0 Å². The van der Waals surface area contributed by atoms with Gasteiger partial charge < -0.3 is 14.2 Å². The Labute approximate surface area is 381 Å². The highest BCUT2D eigenvalue weighted by molar-refractivity contribution is 5.71. The highest BCUT2D eigenvalue weighted by Crippen LogP contribution is 2.15. The molecule has 0 aliphatic rings. The number of esters is 3. The summed E-state index contributed by atoms with van der Waals surface area (Å²) in [4.78, 5) is 37.9. The van der Waals surface area contributed by atoms with Crippen molar-refractivity contribution < 1.29 is 28.6 Å². The van der Waals surface area contributed by atoms with E-state index in [-0.39, 0.29) is 44.0 Å². The largest absolute Gasteiger partial charge is 0.462 e. The van der Waals surface area contributed by atoms with E-state index in [1.54, 1.807) is 0 Å². The Hall–Kier alpha value is -3.67. The maximum atomic E-state index is 12.8. The van der Waals surface area contributed by atoms with Gasteiger partial charge >= 0.3 is 17.9 Å². The minimum absolute atomic E-state index is 0.109. The van der Waals surface area contributed by atoms with Crippen LogP contribution in [0.4, 0.5) is 0 Å². The van der Waals surface area contributed by atoms with Crippen molar-refractivity contribution in [3.05, 3.63) is 97.2 Å². The number of ether oxygens (including phenoxy) is 3. The maximum absolute atomic E-state index is 12.8. The van der Waals surface area contributed by atoms with Gasteiger partial charge in [-0.2, -0.15) is 0 Å². The minimum atomic E-state index is -0.816. The number of carbonyl (C=O) groups is 3. The van der Waals surface area contributed by atoms with Crippen molar-refractivity contribution >= 4 is 17.9 Å². The summed E-state index contributed by atoms with van der Waals surface area (Å²) in [5.41, 5.74) is 0. The summed E-state index contributed by atoms with van der Waals surface area (Å²) < 4.78 is 16.7. The zero-order valence-corrected chi connectivity index (χ0v) is 40.1. The number of hydrogen-bond acceptors (Lipinski definition) is 6. The number of hydrogen-bond donors (Lipinski definition) is 0. The number of allylic oxidation sites excluding steroid dienone is 16. The Kier molecular flexibility index (Phi) is 47.0. The van der Waals surface area contributed by atoms with Crippen molar-refractivity contribution in [1.29, 1.82) is 0 Å². The fourth-order valence-electron chi connectivity index (χ4n) is 6.72. The molecule has 0 aliphatic carbocycles. The molecule has 1 unspecified atom stereocenters. The van der Waals surface area contributed by atoms with E-state index in [2.05, 4.69) is 63.3 Å². The van der Waals surface area contributed by atoms with Gasteiger partial charge in [-0.3, -0.25) is 14.4 Å². The van der Waals surface area contributed by atoms with Crippen LogP contribution in [0.1, 0.15) is 220 Å². The molecule has 0 saturated heterocycles. The summed E-state index contributed by atoms with van der Waals surface area (Å²) in [6.07, 6.45) is 65.5. The van der Waals surface area contributed by atoms with Gasteiger partial charge in [0, 0.05) is 19.3 Å². The Morgan fingerprint density at radius 2 is 0.726 bits per heavy atom. The van der Waals surface area contributed by atoms with E-state index >= 15 is 0 Å². The Morgan fingerprint density at radius 1 is 0.355 bits per heavy atom. The van der Waals surface area contributed by atoms with Gasteiger partial charge in [0.25, 0.3) is 0 Å². The molecule has 0 aromatic carbocycles. The smallest absolute Gasteiger partial charge is 0.306 e. The van der Waals surface area contributed by atoms with Crippen LogP contribution in [0.15, 0.2) is 97.2 Å². The van der Waals surface area contributed by atoms with Crippen LogP contribution in [0, 0.1) is 0 Å². The molecule has 0 radical (unpaired) electrons. The predicted molar refractivity (Wildman–Crippen MR) is 265 cm³/mol. The molecular formula is C56H92O6. The molecule has 0 aromatic rings. The van der Waals surface area contributed by atoms with Crippen molar-refractivity contribution in [2.24, 2.45) is 0 Å². The van der Waals surface area contributed by atoms with Crippen molar-refractivity contribution in [3.63, 3.8) is 0 Å². The fourth-order valence-corrected chi connectivity index (χ4v) is 6.72. The number of carbonyl (C=O) groups excluding carboxylic acids is 3. The van der Waals surface area contributed by atoms with Crippen LogP contribution in [0.5, 0.6) is 0 Å². The van der Waals surface area contributed by atoms with Crippen molar-refractivity contribution in [2.75, 3.05) is 13.2 Å². The van der Waals surface area contributed by atoms with E-state index in [9.17, 15) is 14.4 Å². The van der Waals surface area contributed by atoms with Crippen LogP contribution >= 0.6 is 0 Å². The van der Waals surface area contributed by atoms with E-state index in [0.29, 0.717) is 12.8 Å². The van der Waals surface area contributed by atoms with Gasteiger partial charge in [0.05, 0.1) is 0 Å². The zero-order chi connectivity index (χ0) is 45.1. The fraction of sp³-hybridized carbons (Fsp3) is 0.661. The highest BCUT2D eigenvalue weighted by Gasteiger charge is 2.19. The number of unbranched alkanes of at least 4 members (excludes halogenated alkanes) is 21. The third kappa shape index (κ3) is 47.4. The van der Waals surface area contributed by atoms with Crippen LogP contribution in [0.25, 0.3) is 0 Å². The Bertz CT molecular complexity index is 1260. The molecule has 0 spiro atoms. The molecule has 0 bridgehead atoms. The summed E-state index contributed by atoms with van der Waals surface area (Å²) in [5.74, 6) is -1.01. The molecule has 0 rings (SSSR count). The first-order valence-electron chi connectivity index (χ1n) is 25.3. The molecule has 0 amide bonds. The zero-order valence-electron chi connectivity index (χ0n) is 40.1. The van der Waals surface area contributed by atoms with E-state index in [1.807, 2.05) is 54.7 Å². The lowest BCUT2D eigenvalue weighted by Gasteiger charge is -2.18. The third-order valence-corrected chi connectivity index (χ3v) is 10.5. The summed E-state index contributed by atoms with van der Waals surface area (Å²) in [7, 11) is 0. The minimum Gasteiger partial charge on any atom is -0.462 e. The van der Waals surface area contributed by atoms with E-state index in [4.69, 9.17) is 14.2 Å². The average Bonchev–Trinajstić information content (AvgIpc) is 3.27. The first-order valence-corrected chi connectivity index (χ1v) is 25.3. The van der Waals surface area contributed by atoms with Crippen LogP contribution in [0.3, 0.4) is 0 Å². The monoisotopic (exact) mass is 861 g/mol. The molecule has 0 aromatic heterocycles. The molecular weight excluding hydrogens is 769 g/mol. The second-order valence-electron chi connectivity index (χ2n) is 16.4. The van der Waals surface area contributed by atoms with E-state index < -0.39 is 6.10 Å². The maximum Gasteiger partial charge on any atom is 0.306 e. The predicted octanol–water partition coefficient (Wildman–Crippen LogP) is 16.6. The van der Waals surface area contributed by atoms with Crippen LogP contribution in [0.2, 0.25) is 0 Å². The normalized spacial score (nSPS) is 12.9. The Morgan fingerprint density at radius 3 is 1.23 bits per heavy atom. The first kappa shape index (κ1) is 58.3. The quantitative estimate of drug-likeness (QED) is 0.0200. The molecule has 6 nitrogen and oxygen atoms in total. The lowest BCUT2D eigenvalue weighted by molar-refractivity contribution is -0.167. The van der Waals surface area contributed by atoms with Gasteiger partial charge in [-0.25, -0.2) is 0 Å². The second kappa shape index (κ2) is 50.0. The lowest BCUT2D eigenvalue weighted by Crippen LogP contribution is -2.30. The van der Waals surface area contributed by atoms with Crippen molar-refractivity contribution in [3.8, 4) is 0 Å². The lowest BCUT2D eigenvalue weighted by atomic mass is 10.0. The topological polar surface area (TPSA) is 78.9 Å². The summed E-state index contributed by atoms with van der Waals surface area (Å²) in [5, 5.41) is 0. The Balaban J connectivity index is 4.48. The molecule has 0 heterocycles. The summed E-state index contributed by atoms with van der Waals surface area (Å²) in [6, 6.07) is 0. The molecule has 0 saturated carbocycles.